The average molecular weight is 394 g/mol. The second kappa shape index (κ2) is 8.28. The quantitative estimate of drug-likeness (QED) is 0.784. The number of carbonyl (C=O) groups excluding carboxylic acids is 1. The molecular weight excluding hydrogens is 366 g/mol. The molecule has 0 aliphatic carbocycles. The molecule has 1 atom stereocenters. The number of rotatable bonds is 4. The molecule has 1 heterocycles. The van der Waals surface area contributed by atoms with E-state index in [4.69, 9.17) is 4.74 Å². The van der Waals surface area contributed by atoms with Crippen molar-refractivity contribution in [2.75, 3.05) is 20.1 Å². The lowest BCUT2D eigenvalue weighted by molar-refractivity contribution is 0.0163. The van der Waals surface area contributed by atoms with E-state index in [1.165, 1.54) is 11.4 Å². The van der Waals surface area contributed by atoms with Crippen LogP contribution in [0.3, 0.4) is 0 Å². The number of carbonyl (C=O) groups is 1. The Hall–Kier alpha value is -2.11. The van der Waals surface area contributed by atoms with Gasteiger partial charge in [0, 0.05) is 26.2 Å². The van der Waals surface area contributed by atoms with E-state index in [2.05, 4.69) is 0 Å². The van der Waals surface area contributed by atoms with Crippen LogP contribution in [0.4, 0.5) is 4.79 Å². The van der Waals surface area contributed by atoms with Gasteiger partial charge in [0.1, 0.15) is 5.60 Å². The van der Waals surface area contributed by atoms with Crippen molar-refractivity contribution in [3.63, 3.8) is 0 Å². The summed E-state index contributed by atoms with van der Waals surface area (Å²) < 4.78 is 32.4. The van der Waals surface area contributed by atoms with Crippen molar-refractivity contribution in [3.8, 4) is 6.07 Å². The SMILES string of the molecule is CN([C@H]1CCCN(C(=O)OC(C)(C)C)C1)S(=O)(=O)Cc1ccccc1C#N. The minimum absolute atomic E-state index is 0.240. The molecule has 8 heteroatoms. The molecule has 1 amide bonds. The molecule has 2 rings (SSSR count). The zero-order chi connectivity index (χ0) is 20.2. The predicted octanol–water partition coefficient (Wildman–Crippen LogP) is 2.72. The summed E-state index contributed by atoms with van der Waals surface area (Å²) >= 11 is 0. The maximum Gasteiger partial charge on any atom is 0.410 e. The Morgan fingerprint density at radius 2 is 2.04 bits per heavy atom. The zero-order valence-electron chi connectivity index (χ0n) is 16.3. The van der Waals surface area contributed by atoms with Crippen molar-refractivity contribution >= 4 is 16.1 Å². The lowest BCUT2D eigenvalue weighted by Crippen LogP contribution is -2.51. The first-order chi connectivity index (χ1) is 12.5. The summed E-state index contributed by atoms with van der Waals surface area (Å²) in [5.41, 5.74) is 0.239. The lowest BCUT2D eigenvalue weighted by atomic mass is 10.1. The number of piperidine rings is 1. The van der Waals surface area contributed by atoms with Gasteiger partial charge in [0.2, 0.25) is 10.0 Å². The van der Waals surface area contributed by atoms with E-state index < -0.39 is 21.7 Å². The van der Waals surface area contributed by atoms with E-state index in [1.54, 1.807) is 49.9 Å². The molecule has 0 saturated carbocycles. The van der Waals surface area contributed by atoms with E-state index >= 15 is 0 Å². The van der Waals surface area contributed by atoms with Gasteiger partial charge in [-0.15, -0.1) is 0 Å². The maximum atomic E-state index is 12.9. The minimum Gasteiger partial charge on any atom is -0.444 e. The normalized spacial score (nSPS) is 18.2. The third kappa shape index (κ3) is 5.68. The summed E-state index contributed by atoms with van der Waals surface area (Å²) in [5, 5.41) is 9.17. The molecule has 0 radical (unpaired) electrons. The Kier molecular flexibility index (Phi) is 6.50. The van der Waals surface area contributed by atoms with E-state index in [-0.39, 0.29) is 11.8 Å². The number of amides is 1. The molecule has 1 fully saturated rings. The van der Waals surface area contributed by atoms with Crippen LogP contribution >= 0.6 is 0 Å². The summed E-state index contributed by atoms with van der Waals surface area (Å²) in [6, 6.07) is 8.40. The van der Waals surface area contributed by atoms with Crippen molar-refractivity contribution in [2.24, 2.45) is 0 Å². The first kappa shape index (κ1) is 21.2. The molecule has 0 bridgehead atoms. The Morgan fingerprint density at radius 1 is 1.37 bits per heavy atom. The molecule has 27 heavy (non-hydrogen) atoms. The van der Waals surface area contributed by atoms with Crippen molar-refractivity contribution in [2.45, 2.75) is 51.0 Å². The van der Waals surface area contributed by atoms with Gasteiger partial charge >= 0.3 is 6.09 Å². The van der Waals surface area contributed by atoms with Gasteiger partial charge in [0.15, 0.2) is 0 Å². The molecular formula is C19H27N3O4S. The Morgan fingerprint density at radius 3 is 2.67 bits per heavy atom. The zero-order valence-corrected chi connectivity index (χ0v) is 17.1. The van der Waals surface area contributed by atoms with Gasteiger partial charge in [-0.25, -0.2) is 13.2 Å². The molecule has 148 valence electrons. The summed E-state index contributed by atoms with van der Waals surface area (Å²) in [5.74, 6) is -0.240. The number of benzene rings is 1. The van der Waals surface area contributed by atoms with Crippen LogP contribution < -0.4 is 0 Å². The third-order valence-corrected chi connectivity index (χ3v) is 6.33. The molecule has 1 aromatic rings. The fraction of sp³-hybridized carbons (Fsp3) is 0.579. The topological polar surface area (TPSA) is 90.7 Å². The highest BCUT2D eigenvalue weighted by Crippen LogP contribution is 2.22. The van der Waals surface area contributed by atoms with Gasteiger partial charge in [0.05, 0.1) is 17.4 Å². The monoisotopic (exact) mass is 393 g/mol. The van der Waals surface area contributed by atoms with Crippen LogP contribution in [0.5, 0.6) is 0 Å². The van der Waals surface area contributed by atoms with E-state index in [0.29, 0.717) is 37.1 Å². The predicted molar refractivity (Wildman–Crippen MR) is 102 cm³/mol. The summed E-state index contributed by atoms with van der Waals surface area (Å²) in [4.78, 5) is 13.9. The molecule has 0 aromatic heterocycles. The van der Waals surface area contributed by atoms with E-state index in [9.17, 15) is 18.5 Å². The van der Waals surface area contributed by atoms with Gasteiger partial charge in [0.25, 0.3) is 0 Å². The molecule has 1 saturated heterocycles. The smallest absolute Gasteiger partial charge is 0.410 e. The molecule has 0 N–H and O–H groups in total. The number of sulfonamides is 1. The molecule has 0 unspecified atom stereocenters. The van der Waals surface area contributed by atoms with Crippen LogP contribution in [0.2, 0.25) is 0 Å². The van der Waals surface area contributed by atoms with Crippen LogP contribution in [0.15, 0.2) is 24.3 Å². The van der Waals surface area contributed by atoms with Crippen molar-refractivity contribution in [1.82, 2.24) is 9.21 Å². The first-order valence-corrected chi connectivity index (χ1v) is 10.6. The molecule has 1 aliphatic rings. The highest BCUT2D eigenvalue weighted by atomic mass is 32.2. The number of likely N-dealkylation sites (tertiary alicyclic amines) is 1. The second-order valence-electron chi connectivity index (χ2n) is 7.76. The standard InChI is InChI=1S/C19H27N3O4S/c1-19(2,3)26-18(23)22-11-7-10-17(13-22)21(4)27(24,25)14-16-9-6-5-8-15(16)12-20/h5-6,8-9,17H,7,10-11,13-14H2,1-4H3/t17-/m0/s1. The first-order valence-electron chi connectivity index (χ1n) is 8.95. The number of ether oxygens (including phenoxy) is 1. The van der Waals surface area contributed by atoms with Gasteiger partial charge in [-0.1, -0.05) is 18.2 Å². The summed E-state index contributed by atoms with van der Waals surface area (Å²) in [6.45, 7) is 6.25. The van der Waals surface area contributed by atoms with Crippen molar-refractivity contribution in [1.29, 1.82) is 5.26 Å². The van der Waals surface area contributed by atoms with Gasteiger partial charge in [-0.2, -0.15) is 9.57 Å². The number of nitriles is 1. The molecule has 0 spiro atoms. The highest BCUT2D eigenvalue weighted by Gasteiger charge is 2.33. The molecule has 1 aliphatic heterocycles. The van der Waals surface area contributed by atoms with Gasteiger partial charge in [-0.05, 0) is 45.2 Å². The summed E-state index contributed by atoms with van der Waals surface area (Å²) in [7, 11) is -2.09. The fourth-order valence-electron chi connectivity index (χ4n) is 3.02. The van der Waals surface area contributed by atoms with Crippen LogP contribution in [0, 0.1) is 11.3 Å². The highest BCUT2D eigenvalue weighted by molar-refractivity contribution is 7.88. The Labute approximate surface area is 161 Å². The van der Waals surface area contributed by atoms with Gasteiger partial charge < -0.3 is 9.64 Å². The van der Waals surface area contributed by atoms with Crippen LogP contribution in [-0.2, 0) is 20.5 Å². The van der Waals surface area contributed by atoms with Crippen LogP contribution in [0.25, 0.3) is 0 Å². The average Bonchev–Trinajstić information content (AvgIpc) is 2.60. The number of hydrogen-bond acceptors (Lipinski definition) is 5. The number of hydrogen-bond donors (Lipinski definition) is 0. The van der Waals surface area contributed by atoms with E-state index in [1.807, 2.05) is 6.07 Å². The fourth-order valence-corrected chi connectivity index (χ4v) is 4.50. The Balaban J connectivity index is 2.10. The second-order valence-corrected chi connectivity index (χ2v) is 9.79. The maximum absolute atomic E-state index is 12.9. The molecule has 7 nitrogen and oxygen atoms in total. The van der Waals surface area contributed by atoms with Crippen LogP contribution in [0.1, 0.15) is 44.7 Å². The minimum atomic E-state index is -3.63. The van der Waals surface area contributed by atoms with Gasteiger partial charge in [-0.3, -0.25) is 0 Å². The number of likely N-dealkylation sites (N-methyl/N-ethyl adjacent to an activating group) is 1. The van der Waals surface area contributed by atoms with E-state index in [0.717, 1.165) is 0 Å². The lowest BCUT2D eigenvalue weighted by Gasteiger charge is -2.37. The summed E-state index contributed by atoms with van der Waals surface area (Å²) in [6.07, 6.45) is 0.959. The van der Waals surface area contributed by atoms with Crippen LogP contribution in [-0.4, -0.2) is 55.5 Å². The molecule has 1 aromatic carbocycles. The third-order valence-electron chi connectivity index (χ3n) is 4.48. The Bertz CT molecular complexity index is 824. The largest absolute Gasteiger partial charge is 0.444 e. The van der Waals surface area contributed by atoms with Crippen molar-refractivity contribution < 1.29 is 17.9 Å². The van der Waals surface area contributed by atoms with Crippen molar-refractivity contribution in [3.05, 3.63) is 35.4 Å². The number of nitrogens with zero attached hydrogens (tertiary/aromatic N) is 3.